The SMILES string of the molecule is C=C(C)c1ccc2o[c-]c(-c3nc4ccccc4n3-c3c(C(C)C)cc(-c4ccccc4)cc3C(C)C)c2c1.CC(=O)/C=C(/C)O.[Ir]. The van der Waals surface area contributed by atoms with Gasteiger partial charge in [0, 0.05) is 43.7 Å². The normalized spacial score (nSPS) is 11.5. The monoisotopic (exact) mass is 802 g/mol. The molecule has 47 heavy (non-hydrogen) atoms. The van der Waals surface area contributed by atoms with Crippen molar-refractivity contribution in [2.24, 2.45) is 0 Å². The molecule has 2 aromatic heterocycles. The standard InChI is InChI=1S/C36H33N2O.C5H8O2.Ir/c1-22(2)26-16-17-34-30(18-26)31(21-39-34)36-37-32-14-10-11-15-33(32)38(36)35-28(23(3)4)19-27(20-29(35)24(5)6)25-12-8-7-9-13-25;1-4(6)3-5(2)7;/h7-20,23-24H,1H2,2-6H3;3,6H,1-2H3;/q-1;;/b;4-3-;. The fraction of sp³-hybridized carbons (Fsp3) is 0.220. The van der Waals surface area contributed by atoms with Crippen molar-refractivity contribution in [3.05, 3.63) is 126 Å². The molecule has 243 valence electrons. The average molecular weight is 802 g/mol. The van der Waals surface area contributed by atoms with Crippen molar-refractivity contribution in [2.45, 2.75) is 60.3 Å². The van der Waals surface area contributed by atoms with Crippen molar-refractivity contribution >= 4 is 33.4 Å². The van der Waals surface area contributed by atoms with E-state index in [9.17, 15) is 4.79 Å². The van der Waals surface area contributed by atoms with Crippen LogP contribution in [-0.4, -0.2) is 20.4 Å². The molecule has 1 N–H and O–H groups in total. The number of para-hydroxylation sites is 2. The summed E-state index contributed by atoms with van der Waals surface area (Å²) in [4.78, 5) is 15.2. The summed E-state index contributed by atoms with van der Waals surface area (Å²) in [5, 5.41) is 9.35. The van der Waals surface area contributed by atoms with Gasteiger partial charge in [-0.2, -0.15) is 0 Å². The zero-order chi connectivity index (χ0) is 33.1. The van der Waals surface area contributed by atoms with Gasteiger partial charge in [0.25, 0.3) is 0 Å². The van der Waals surface area contributed by atoms with Gasteiger partial charge in [-0.1, -0.05) is 111 Å². The fourth-order valence-corrected chi connectivity index (χ4v) is 5.74. The Morgan fingerprint density at radius 2 is 1.49 bits per heavy atom. The predicted octanol–water partition coefficient (Wildman–Crippen LogP) is 11.2. The summed E-state index contributed by atoms with van der Waals surface area (Å²) in [6.07, 6.45) is 4.38. The largest absolute Gasteiger partial charge is 0.557 e. The molecule has 0 aliphatic carbocycles. The number of aliphatic hydroxyl groups excluding tert-OH is 1. The molecule has 0 fully saturated rings. The van der Waals surface area contributed by atoms with Crippen LogP contribution in [-0.2, 0) is 24.9 Å². The number of hydrogen-bond donors (Lipinski definition) is 1. The van der Waals surface area contributed by atoms with E-state index in [1.807, 2.05) is 25.1 Å². The third-order valence-electron chi connectivity index (χ3n) is 7.94. The second-order valence-electron chi connectivity index (χ2n) is 12.4. The molecule has 0 saturated carbocycles. The molecule has 2 heterocycles. The van der Waals surface area contributed by atoms with E-state index in [1.165, 1.54) is 47.9 Å². The number of aromatic nitrogens is 2. The minimum absolute atomic E-state index is 0. The molecule has 5 nitrogen and oxygen atoms in total. The second kappa shape index (κ2) is 14.9. The van der Waals surface area contributed by atoms with Crippen molar-refractivity contribution in [3.8, 4) is 28.2 Å². The van der Waals surface area contributed by atoms with Gasteiger partial charge in [-0.25, -0.2) is 0 Å². The number of nitrogens with zero attached hydrogens (tertiary/aromatic N) is 2. The number of rotatable bonds is 7. The minimum atomic E-state index is -0.125. The van der Waals surface area contributed by atoms with E-state index in [1.54, 1.807) is 0 Å². The molecular weight excluding hydrogens is 761 g/mol. The summed E-state index contributed by atoms with van der Waals surface area (Å²) in [6.45, 7) is 18.1. The number of carbonyl (C=O) groups is 1. The first-order chi connectivity index (χ1) is 22.0. The number of fused-ring (bicyclic) bond motifs is 2. The van der Waals surface area contributed by atoms with E-state index in [4.69, 9.17) is 14.5 Å². The number of benzene rings is 4. The van der Waals surface area contributed by atoms with Crippen LogP contribution in [0.15, 0.2) is 108 Å². The molecule has 0 aliphatic heterocycles. The number of carbonyl (C=O) groups excluding carboxylic acids is 1. The number of ketones is 1. The summed E-state index contributed by atoms with van der Waals surface area (Å²) >= 11 is 0. The van der Waals surface area contributed by atoms with E-state index >= 15 is 0 Å². The quantitative estimate of drug-likeness (QED) is 0.0992. The first-order valence-corrected chi connectivity index (χ1v) is 15.7. The summed E-state index contributed by atoms with van der Waals surface area (Å²) in [6, 6.07) is 29.9. The van der Waals surface area contributed by atoms with Gasteiger partial charge < -0.3 is 14.1 Å². The van der Waals surface area contributed by atoms with Crippen LogP contribution in [0.5, 0.6) is 0 Å². The fourth-order valence-electron chi connectivity index (χ4n) is 5.74. The molecule has 0 saturated heterocycles. The minimum Gasteiger partial charge on any atom is -0.557 e. The molecule has 6 aromatic rings. The number of hydrogen-bond acceptors (Lipinski definition) is 4. The summed E-state index contributed by atoms with van der Waals surface area (Å²) in [5.41, 5.74) is 12.0. The Morgan fingerprint density at radius 1 is 0.872 bits per heavy atom. The Hall–Kier alpha value is -4.51. The molecule has 0 unspecified atom stereocenters. The van der Waals surface area contributed by atoms with E-state index in [0.29, 0.717) is 11.8 Å². The van der Waals surface area contributed by atoms with E-state index in [2.05, 4.69) is 112 Å². The summed E-state index contributed by atoms with van der Waals surface area (Å²) in [5.74, 6) is 1.38. The summed E-state index contributed by atoms with van der Waals surface area (Å²) in [7, 11) is 0. The maximum absolute atomic E-state index is 10.0. The Kier molecular flexibility index (Phi) is 11.2. The van der Waals surface area contributed by atoms with Crippen LogP contribution >= 0.6 is 0 Å². The molecule has 6 heteroatoms. The van der Waals surface area contributed by atoms with E-state index < -0.39 is 0 Å². The zero-order valence-electron chi connectivity index (χ0n) is 28.0. The molecular formula is C41H41IrN2O3-. The van der Waals surface area contributed by atoms with E-state index in [-0.39, 0.29) is 31.6 Å². The molecule has 0 amide bonds. The number of allylic oxidation sites excluding steroid dienone is 3. The van der Waals surface area contributed by atoms with Crippen molar-refractivity contribution in [2.75, 3.05) is 0 Å². The van der Waals surface area contributed by atoms with Crippen LogP contribution in [0.3, 0.4) is 0 Å². The van der Waals surface area contributed by atoms with Gasteiger partial charge in [-0.05, 0) is 84.7 Å². The van der Waals surface area contributed by atoms with Crippen LogP contribution in [0.25, 0.3) is 55.8 Å². The topological polar surface area (TPSA) is 68.3 Å². The maximum atomic E-state index is 10.0. The Labute approximate surface area is 291 Å². The smallest absolute Gasteiger partial charge is 0.155 e. The Bertz CT molecular complexity index is 2050. The molecule has 0 bridgehead atoms. The zero-order valence-corrected chi connectivity index (χ0v) is 30.4. The van der Waals surface area contributed by atoms with Gasteiger partial charge in [0.1, 0.15) is 0 Å². The predicted molar refractivity (Wildman–Crippen MR) is 191 cm³/mol. The number of imidazole rings is 1. The van der Waals surface area contributed by atoms with Crippen LogP contribution < -0.4 is 0 Å². The van der Waals surface area contributed by atoms with Gasteiger partial charge in [0.2, 0.25) is 0 Å². The van der Waals surface area contributed by atoms with Gasteiger partial charge in [-0.15, -0.1) is 0 Å². The third-order valence-corrected chi connectivity index (χ3v) is 7.94. The van der Waals surface area contributed by atoms with Crippen molar-refractivity contribution < 1.29 is 34.4 Å². The van der Waals surface area contributed by atoms with Crippen molar-refractivity contribution in [1.82, 2.24) is 9.55 Å². The number of furan rings is 1. The molecule has 6 rings (SSSR count). The Balaban J connectivity index is 0.000000565. The van der Waals surface area contributed by atoms with Crippen LogP contribution in [0.2, 0.25) is 0 Å². The van der Waals surface area contributed by atoms with Crippen LogP contribution in [0.1, 0.15) is 77.0 Å². The van der Waals surface area contributed by atoms with Crippen molar-refractivity contribution in [1.29, 1.82) is 0 Å². The van der Waals surface area contributed by atoms with Crippen LogP contribution in [0.4, 0.5) is 0 Å². The van der Waals surface area contributed by atoms with Gasteiger partial charge in [0.05, 0.1) is 22.6 Å². The van der Waals surface area contributed by atoms with Gasteiger partial charge in [0.15, 0.2) is 5.78 Å². The average Bonchev–Trinajstić information content (AvgIpc) is 3.61. The van der Waals surface area contributed by atoms with E-state index in [0.717, 1.165) is 44.5 Å². The molecule has 4 aromatic carbocycles. The summed E-state index contributed by atoms with van der Waals surface area (Å²) < 4.78 is 8.29. The number of aliphatic hydroxyl groups is 1. The molecule has 0 aliphatic rings. The molecule has 0 atom stereocenters. The third kappa shape index (κ3) is 7.56. The van der Waals surface area contributed by atoms with Gasteiger partial charge in [-0.3, -0.25) is 9.78 Å². The van der Waals surface area contributed by atoms with Gasteiger partial charge >= 0.3 is 0 Å². The first-order valence-electron chi connectivity index (χ1n) is 15.7. The Morgan fingerprint density at radius 3 is 2.04 bits per heavy atom. The first kappa shape index (κ1) is 35.3. The maximum Gasteiger partial charge on any atom is 0.155 e. The second-order valence-corrected chi connectivity index (χ2v) is 12.4. The molecule has 0 spiro atoms. The molecule has 1 radical (unpaired) electrons. The van der Waals surface area contributed by atoms with Crippen molar-refractivity contribution in [3.63, 3.8) is 0 Å². The van der Waals surface area contributed by atoms with Crippen LogP contribution in [0, 0.1) is 6.26 Å².